The van der Waals surface area contributed by atoms with E-state index in [1.54, 1.807) is 20.0 Å². The van der Waals surface area contributed by atoms with Gasteiger partial charge in [-0.3, -0.25) is 20.1 Å². The molecule has 0 aliphatic rings. The fourth-order valence-corrected chi connectivity index (χ4v) is 2.25. The van der Waals surface area contributed by atoms with Crippen LogP contribution in [0.15, 0.2) is 24.5 Å². The standard InChI is InChI=1S/C14H14BrN3O3/c1-9-6-17-13(10(2)14(9)18(19)20)8-21-12-4-3-11(5-15)16-7-12/h3-4,6-7H,5,8H2,1-2H3. The van der Waals surface area contributed by atoms with E-state index in [2.05, 4.69) is 25.9 Å². The molecule has 0 saturated carbocycles. The molecule has 110 valence electrons. The second kappa shape index (κ2) is 6.62. The molecule has 0 N–H and O–H groups in total. The Morgan fingerprint density at radius 2 is 2.05 bits per heavy atom. The van der Waals surface area contributed by atoms with Gasteiger partial charge in [-0.1, -0.05) is 15.9 Å². The van der Waals surface area contributed by atoms with Gasteiger partial charge in [0, 0.05) is 17.1 Å². The van der Waals surface area contributed by atoms with Crippen LogP contribution in [0.3, 0.4) is 0 Å². The molecular formula is C14H14BrN3O3. The smallest absolute Gasteiger partial charge is 0.278 e. The molecule has 0 fully saturated rings. The minimum atomic E-state index is -0.387. The van der Waals surface area contributed by atoms with E-state index in [0.717, 1.165) is 5.69 Å². The lowest BCUT2D eigenvalue weighted by Gasteiger charge is -2.09. The molecule has 0 atom stereocenters. The summed E-state index contributed by atoms with van der Waals surface area (Å²) in [4.78, 5) is 19.1. The first-order valence-corrected chi connectivity index (χ1v) is 7.38. The highest BCUT2D eigenvalue weighted by Gasteiger charge is 2.18. The first kappa shape index (κ1) is 15.4. The predicted octanol–water partition coefficient (Wildman–Crippen LogP) is 3.48. The van der Waals surface area contributed by atoms with Gasteiger partial charge in [0.15, 0.2) is 0 Å². The zero-order valence-corrected chi connectivity index (χ0v) is 13.3. The molecule has 21 heavy (non-hydrogen) atoms. The summed E-state index contributed by atoms with van der Waals surface area (Å²) in [5.41, 5.74) is 2.63. The first-order valence-electron chi connectivity index (χ1n) is 6.26. The summed E-state index contributed by atoms with van der Waals surface area (Å²) in [7, 11) is 0. The Labute approximate surface area is 130 Å². The van der Waals surface area contributed by atoms with Crippen molar-refractivity contribution in [3.05, 3.63) is 57.2 Å². The number of halogens is 1. The maximum absolute atomic E-state index is 11.1. The zero-order valence-electron chi connectivity index (χ0n) is 11.7. The van der Waals surface area contributed by atoms with E-state index in [9.17, 15) is 10.1 Å². The Bertz CT molecular complexity index is 659. The molecule has 0 bridgehead atoms. The molecular weight excluding hydrogens is 338 g/mol. The van der Waals surface area contributed by atoms with Crippen LogP contribution in [0.4, 0.5) is 5.69 Å². The van der Waals surface area contributed by atoms with Gasteiger partial charge < -0.3 is 4.74 Å². The van der Waals surface area contributed by atoms with Gasteiger partial charge >= 0.3 is 0 Å². The van der Waals surface area contributed by atoms with Gasteiger partial charge in [-0.2, -0.15) is 0 Å². The second-order valence-electron chi connectivity index (χ2n) is 4.53. The molecule has 6 nitrogen and oxygen atoms in total. The maximum Gasteiger partial charge on any atom is 0.278 e. The van der Waals surface area contributed by atoms with Crippen LogP contribution in [0.5, 0.6) is 5.75 Å². The molecule has 7 heteroatoms. The largest absolute Gasteiger partial charge is 0.486 e. The lowest BCUT2D eigenvalue weighted by Crippen LogP contribution is -2.05. The molecule has 0 spiro atoms. The van der Waals surface area contributed by atoms with E-state index in [0.29, 0.717) is 27.9 Å². The van der Waals surface area contributed by atoms with Crippen LogP contribution < -0.4 is 4.74 Å². The highest BCUT2D eigenvalue weighted by Crippen LogP contribution is 2.24. The SMILES string of the molecule is Cc1cnc(COc2ccc(CBr)nc2)c(C)c1[N+](=O)[O-]. The molecule has 0 radical (unpaired) electrons. The number of pyridine rings is 2. The molecule has 0 aliphatic heterocycles. The van der Waals surface area contributed by atoms with Crippen LogP contribution in [0.25, 0.3) is 0 Å². The van der Waals surface area contributed by atoms with Gasteiger partial charge in [-0.05, 0) is 26.0 Å². The fourth-order valence-electron chi connectivity index (χ4n) is 1.92. The number of aryl methyl sites for hydroxylation is 1. The summed E-state index contributed by atoms with van der Waals surface area (Å²) in [6.45, 7) is 3.52. The average molecular weight is 352 g/mol. The Morgan fingerprint density at radius 1 is 1.29 bits per heavy atom. The highest BCUT2D eigenvalue weighted by molar-refractivity contribution is 9.08. The van der Waals surface area contributed by atoms with Crippen LogP contribution in [-0.2, 0) is 11.9 Å². The third-order valence-electron chi connectivity index (χ3n) is 3.07. The molecule has 2 rings (SSSR count). The third kappa shape index (κ3) is 3.55. The summed E-state index contributed by atoms with van der Waals surface area (Å²) in [6.07, 6.45) is 3.12. The zero-order chi connectivity index (χ0) is 15.4. The van der Waals surface area contributed by atoms with Crippen LogP contribution in [0, 0.1) is 24.0 Å². The number of aromatic nitrogens is 2. The van der Waals surface area contributed by atoms with Crippen LogP contribution in [-0.4, -0.2) is 14.9 Å². The number of alkyl halides is 1. The summed E-state index contributed by atoms with van der Waals surface area (Å²) in [5.74, 6) is 0.601. The van der Waals surface area contributed by atoms with Gasteiger partial charge in [-0.25, -0.2) is 0 Å². The van der Waals surface area contributed by atoms with Gasteiger partial charge in [0.25, 0.3) is 5.69 Å². The Balaban J connectivity index is 2.16. The summed E-state index contributed by atoms with van der Waals surface area (Å²) < 4.78 is 5.58. The molecule has 0 unspecified atom stereocenters. The quantitative estimate of drug-likeness (QED) is 0.468. The molecule has 2 heterocycles. The van der Waals surface area contributed by atoms with Crippen molar-refractivity contribution in [3.8, 4) is 5.75 Å². The minimum Gasteiger partial charge on any atom is -0.486 e. The number of hydrogen-bond donors (Lipinski definition) is 0. The van der Waals surface area contributed by atoms with Crippen molar-refractivity contribution >= 4 is 21.6 Å². The van der Waals surface area contributed by atoms with Crippen molar-refractivity contribution < 1.29 is 9.66 Å². The Hall–Kier alpha value is -2.02. The van der Waals surface area contributed by atoms with Gasteiger partial charge in [-0.15, -0.1) is 0 Å². The van der Waals surface area contributed by atoms with Crippen molar-refractivity contribution in [2.75, 3.05) is 0 Å². The molecule has 0 aromatic carbocycles. The number of hydrogen-bond acceptors (Lipinski definition) is 5. The van der Waals surface area contributed by atoms with Crippen LogP contribution in [0.2, 0.25) is 0 Å². The van der Waals surface area contributed by atoms with E-state index in [1.165, 1.54) is 6.20 Å². The summed E-state index contributed by atoms with van der Waals surface area (Å²) >= 11 is 3.32. The van der Waals surface area contributed by atoms with Crippen LogP contribution >= 0.6 is 15.9 Å². The number of nitro groups is 1. The van der Waals surface area contributed by atoms with Crippen LogP contribution in [0.1, 0.15) is 22.5 Å². The van der Waals surface area contributed by atoms with Crippen molar-refractivity contribution in [3.63, 3.8) is 0 Å². The Kier molecular flexibility index (Phi) is 4.85. The van der Waals surface area contributed by atoms with Gasteiger partial charge in [0.2, 0.25) is 0 Å². The maximum atomic E-state index is 11.1. The highest BCUT2D eigenvalue weighted by atomic mass is 79.9. The third-order valence-corrected chi connectivity index (χ3v) is 3.64. The monoisotopic (exact) mass is 351 g/mol. The summed E-state index contributed by atoms with van der Waals surface area (Å²) in [6, 6.07) is 3.66. The van der Waals surface area contributed by atoms with E-state index in [1.807, 2.05) is 12.1 Å². The lowest BCUT2D eigenvalue weighted by molar-refractivity contribution is -0.386. The van der Waals surface area contributed by atoms with Crippen molar-refractivity contribution in [2.24, 2.45) is 0 Å². The average Bonchev–Trinajstić information content (AvgIpc) is 2.46. The number of rotatable bonds is 5. The second-order valence-corrected chi connectivity index (χ2v) is 5.09. The molecule has 0 amide bonds. The first-order chi connectivity index (χ1) is 10.0. The fraction of sp³-hybridized carbons (Fsp3) is 0.286. The topological polar surface area (TPSA) is 78.2 Å². The normalized spacial score (nSPS) is 10.4. The molecule has 2 aromatic heterocycles. The van der Waals surface area contributed by atoms with E-state index < -0.39 is 0 Å². The summed E-state index contributed by atoms with van der Waals surface area (Å²) in [5, 5.41) is 11.7. The molecule has 2 aromatic rings. The lowest BCUT2D eigenvalue weighted by atomic mass is 10.1. The Morgan fingerprint density at radius 3 is 2.62 bits per heavy atom. The van der Waals surface area contributed by atoms with E-state index >= 15 is 0 Å². The van der Waals surface area contributed by atoms with E-state index in [4.69, 9.17) is 4.74 Å². The molecule has 0 aliphatic carbocycles. The number of nitrogens with zero attached hydrogens (tertiary/aromatic N) is 3. The number of ether oxygens (including phenoxy) is 1. The van der Waals surface area contributed by atoms with Crippen molar-refractivity contribution in [2.45, 2.75) is 25.8 Å². The molecule has 0 saturated heterocycles. The van der Waals surface area contributed by atoms with E-state index in [-0.39, 0.29) is 17.2 Å². The van der Waals surface area contributed by atoms with Gasteiger partial charge in [0.1, 0.15) is 12.4 Å². The van der Waals surface area contributed by atoms with Crippen molar-refractivity contribution in [1.82, 2.24) is 9.97 Å². The predicted molar refractivity (Wildman–Crippen MR) is 81.6 cm³/mol. The van der Waals surface area contributed by atoms with Gasteiger partial charge in [0.05, 0.1) is 28.1 Å². The minimum absolute atomic E-state index is 0.0939. The van der Waals surface area contributed by atoms with Crippen molar-refractivity contribution in [1.29, 1.82) is 0 Å².